The van der Waals surface area contributed by atoms with E-state index in [4.69, 9.17) is 9.26 Å². The predicted molar refractivity (Wildman–Crippen MR) is 140 cm³/mol. The van der Waals surface area contributed by atoms with Crippen LogP contribution in [-0.4, -0.2) is 32.2 Å². The minimum atomic E-state index is -0.301. The Morgan fingerprint density at radius 1 is 1.00 bits per heavy atom. The molecule has 0 saturated carbocycles. The van der Waals surface area contributed by atoms with Crippen molar-refractivity contribution in [2.24, 2.45) is 0 Å². The van der Waals surface area contributed by atoms with Crippen molar-refractivity contribution in [3.63, 3.8) is 0 Å². The lowest BCUT2D eigenvalue weighted by Crippen LogP contribution is -2.22. The molecule has 0 fully saturated rings. The van der Waals surface area contributed by atoms with E-state index in [9.17, 15) is 9.59 Å². The molecule has 1 N–H and O–H groups in total. The van der Waals surface area contributed by atoms with Gasteiger partial charge < -0.3 is 19.1 Å². The zero-order valence-electron chi connectivity index (χ0n) is 20.7. The molecule has 0 aliphatic carbocycles. The van der Waals surface area contributed by atoms with Gasteiger partial charge in [0.1, 0.15) is 23.5 Å². The molecule has 5 rings (SSSR count). The number of hydrogen-bond donors (Lipinski definition) is 1. The molecular weight excluding hydrogens is 470 g/mol. The lowest BCUT2D eigenvalue weighted by Gasteiger charge is -2.13. The summed E-state index contributed by atoms with van der Waals surface area (Å²) >= 11 is 0. The van der Waals surface area contributed by atoms with Crippen molar-refractivity contribution in [2.45, 2.75) is 27.3 Å². The highest BCUT2D eigenvalue weighted by molar-refractivity contribution is 5.92. The van der Waals surface area contributed by atoms with E-state index in [0.717, 1.165) is 22.6 Å². The van der Waals surface area contributed by atoms with Gasteiger partial charge in [-0.3, -0.25) is 9.59 Å². The first-order valence-electron chi connectivity index (χ1n) is 11.9. The molecule has 0 atom stereocenters. The van der Waals surface area contributed by atoms with E-state index in [2.05, 4.69) is 20.4 Å². The van der Waals surface area contributed by atoms with Gasteiger partial charge >= 0.3 is 0 Å². The van der Waals surface area contributed by atoms with Gasteiger partial charge in [0.15, 0.2) is 0 Å². The van der Waals surface area contributed by atoms with E-state index in [0.29, 0.717) is 29.2 Å². The number of ether oxygens (including phenoxy) is 1. The van der Waals surface area contributed by atoms with Crippen molar-refractivity contribution in [3.8, 4) is 28.6 Å². The third-order valence-corrected chi connectivity index (χ3v) is 5.79. The summed E-state index contributed by atoms with van der Waals surface area (Å²) in [7, 11) is 0. The number of nitrogens with one attached hydrogen (secondary N) is 1. The number of carbonyl (C=O) groups is 1. The smallest absolute Gasteiger partial charge is 0.263 e. The van der Waals surface area contributed by atoms with E-state index in [-0.39, 0.29) is 29.3 Å². The van der Waals surface area contributed by atoms with E-state index in [1.807, 2.05) is 45.0 Å². The van der Waals surface area contributed by atoms with Crippen LogP contribution in [-0.2, 0) is 11.3 Å². The SMILES string of the molecule is CCOc1ccc(NC(=O)Cn2cc(-c3nc(-c4ccc(C)cc4)no3)c(=O)c3ccc(C)nc32)cc1. The van der Waals surface area contributed by atoms with Crippen LogP contribution in [0.5, 0.6) is 5.75 Å². The highest BCUT2D eigenvalue weighted by Crippen LogP contribution is 2.23. The number of amides is 1. The number of benzene rings is 2. The van der Waals surface area contributed by atoms with Gasteiger partial charge in [-0.2, -0.15) is 4.98 Å². The second-order valence-corrected chi connectivity index (χ2v) is 8.62. The normalized spacial score (nSPS) is 11.0. The summed E-state index contributed by atoms with van der Waals surface area (Å²) in [5.41, 5.74) is 3.52. The molecule has 0 spiro atoms. The minimum Gasteiger partial charge on any atom is -0.494 e. The van der Waals surface area contributed by atoms with Gasteiger partial charge in [-0.15, -0.1) is 0 Å². The van der Waals surface area contributed by atoms with Crippen molar-refractivity contribution in [1.29, 1.82) is 0 Å². The summed E-state index contributed by atoms with van der Waals surface area (Å²) in [6.45, 7) is 6.21. The van der Waals surface area contributed by atoms with Gasteiger partial charge in [0.2, 0.25) is 17.2 Å². The first-order valence-corrected chi connectivity index (χ1v) is 11.9. The zero-order chi connectivity index (χ0) is 25.9. The van der Waals surface area contributed by atoms with Crippen LogP contribution < -0.4 is 15.5 Å². The van der Waals surface area contributed by atoms with E-state index >= 15 is 0 Å². The monoisotopic (exact) mass is 495 g/mol. The highest BCUT2D eigenvalue weighted by atomic mass is 16.5. The molecule has 0 aliphatic rings. The van der Waals surface area contributed by atoms with Gasteiger partial charge in [-0.25, -0.2) is 4.98 Å². The molecule has 186 valence electrons. The standard InChI is InChI=1S/C28H25N5O4/c1-4-36-21-12-10-20(11-13-21)30-24(34)16-33-15-23(25(35)22-14-7-18(3)29-27(22)33)28-31-26(32-37-28)19-8-5-17(2)6-9-19/h5-15H,4,16H2,1-3H3,(H,30,34). The van der Waals surface area contributed by atoms with Crippen molar-refractivity contribution in [2.75, 3.05) is 11.9 Å². The minimum absolute atomic E-state index is 0.0729. The van der Waals surface area contributed by atoms with Crippen molar-refractivity contribution in [1.82, 2.24) is 19.7 Å². The van der Waals surface area contributed by atoms with Crippen LogP contribution in [0.25, 0.3) is 33.9 Å². The maximum absolute atomic E-state index is 13.4. The largest absolute Gasteiger partial charge is 0.494 e. The van der Waals surface area contributed by atoms with Crippen LogP contribution in [0.15, 0.2) is 76.2 Å². The van der Waals surface area contributed by atoms with E-state index in [1.165, 1.54) is 0 Å². The number of pyridine rings is 2. The molecule has 0 bridgehead atoms. The second kappa shape index (κ2) is 10.1. The summed E-state index contributed by atoms with van der Waals surface area (Å²) in [5, 5.41) is 7.28. The van der Waals surface area contributed by atoms with Crippen LogP contribution in [0.4, 0.5) is 5.69 Å². The summed E-state index contributed by atoms with van der Waals surface area (Å²) in [5.74, 6) is 0.884. The Morgan fingerprint density at radius 3 is 2.49 bits per heavy atom. The summed E-state index contributed by atoms with van der Waals surface area (Å²) in [6.07, 6.45) is 1.54. The average Bonchev–Trinajstić information content (AvgIpc) is 3.37. The average molecular weight is 496 g/mol. The molecule has 0 saturated heterocycles. The lowest BCUT2D eigenvalue weighted by molar-refractivity contribution is -0.116. The Labute approximate surface area is 212 Å². The molecule has 9 nitrogen and oxygen atoms in total. The number of aromatic nitrogens is 4. The number of carbonyl (C=O) groups excluding carboxylic acids is 1. The number of rotatable bonds is 7. The second-order valence-electron chi connectivity index (χ2n) is 8.62. The quantitative estimate of drug-likeness (QED) is 0.346. The molecule has 5 aromatic rings. The van der Waals surface area contributed by atoms with Gasteiger partial charge in [0.05, 0.1) is 12.0 Å². The molecular formula is C28H25N5O4. The molecule has 37 heavy (non-hydrogen) atoms. The van der Waals surface area contributed by atoms with Gasteiger partial charge in [0.25, 0.3) is 5.89 Å². The summed E-state index contributed by atoms with van der Waals surface area (Å²) in [6, 6.07) is 18.2. The fourth-order valence-corrected chi connectivity index (χ4v) is 3.94. The first kappa shape index (κ1) is 23.9. The Bertz CT molecular complexity index is 1640. The van der Waals surface area contributed by atoms with Crippen molar-refractivity contribution < 1.29 is 14.1 Å². The Kier molecular flexibility index (Phi) is 6.51. The maximum atomic E-state index is 13.4. The number of anilines is 1. The van der Waals surface area contributed by atoms with Gasteiger partial charge in [-0.1, -0.05) is 35.0 Å². The third kappa shape index (κ3) is 5.11. The van der Waals surface area contributed by atoms with Crippen molar-refractivity contribution in [3.05, 3.63) is 88.3 Å². The van der Waals surface area contributed by atoms with E-state index < -0.39 is 0 Å². The Hall–Kier alpha value is -4.79. The number of fused-ring (bicyclic) bond motifs is 1. The molecule has 0 radical (unpaired) electrons. The first-order chi connectivity index (χ1) is 17.9. The lowest BCUT2D eigenvalue weighted by atomic mass is 10.1. The van der Waals surface area contributed by atoms with Crippen LogP contribution in [0.1, 0.15) is 18.2 Å². The highest BCUT2D eigenvalue weighted by Gasteiger charge is 2.19. The Morgan fingerprint density at radius 2 is 1.76 bits per heavy atom. The molecule has 3 heterocycles. The fraction of sp³-hybridized carbons (Fsp3) is 0.179. The Balaban J connectivity index is 1.49. The zero-order valence-corrected chi connectivity index (χ0v) is 20.7. The van der Waals surface area contributed by atoms with Crippen LogP contribution >= 0.6 is 0 Å². The van der Waals surface area contributed by atoms with Crippen LogP contribution in [0, 0.1) is 13.8 Å². The fourth-order valence-electron chi connectivity index (χ4n) is 3.94. The molecule has 9 heteroatoms. The van der Waals surface area contributed by atoms with Crippen LogP contribution in [0.2, 0.25) is 0 Å². The van der Waals surface area contributed by atoms with E-state index in [1.54, 1.807) is 47.2 Å². The number of hydrogen-bond acceptors (Lipinski definition) is 7. The summed E-state index contributed by atoms with van der Waals surface area (Å²) in [4.78, 5) is 35.3. The van der Waals surface area contributed by atoms with Crippen LogP contribution in [0.3, 0.4) is 0 Å². The third-order valence-electron chi connectivity index (χ3n) is 5.79. The molecule has 1 amide bonds. The predicted octanol–water partition coefficient (Wildman–Crippen LogP) is 4.77. The van der Waals surface area contributed by atoms with Gasteiger partial charge in [0, 0.05) is 23.1 Å². The number of aryl methyl sites for hydroxylation is 2. The topological polar surface area (TPSA) is 112 Å². The number of nitrogens with zero attached hydrogens (tertiary/aromatic N) is 4. The van der Waals surface area contributed by atoms with Crippen molar-refractivity contribution >= 4 is 22.6 Å². The molecule has 0 aliphatic heterocycles. The molecule has 2 aromatic carbocycles. The molecule has 3 aromatic heterocycles. The van der Waals surface area contributed by atoms with Gasteiger partial charge in [-0.05, 0) is 57.2 Å². The maximum Gasteiger partial charge on any atom is 0.263 e. The molecule has 0 unspecified atom stereocenters. The summed E-state index contributed by atoms with van der Waals surface area (Å²) < 4.78 is 12.5.